The summed E-state index contributed by atoms with van der Waals surface area (Å²) in [6.45, 7) is 0.637. The number of benzene rings is 1. The van der Waals surface area contributed by atoms with Gasteiger partial charge in [-0.15, -0.1) is 0 Å². The molecule has 1 fully saturated rings. The highest BCUT2D eigenvalue weighted by atomic mass is 35.5. The van der Waals surface area contributed by atoms with Gasteiger partial charge in [0.15, 0.2) is 0 Å². The lowest BCUT2D eigenvalue weighted by Gasteiger charge is -2.32. The average Bonchev–Trinajstić information content (AvgIpc) is 2.83. The van der Waals surface area contributed by atoms with Gasteiger partial charge in [0.25, 0.3) is 0 Å². The number of nitrogens with zero attached hydrogens (tertiary/aromatic N) is 1. The third-order valence-corrected chi connectivity index (χ3v) is 4.81. The molecule has 1 aromatic carbocycles. The molecule has 0 aliphatic carbocycles. The van der Waals surface area contributed by atoms with Gasteiger partial charge < -0.3 is 5.73 Å². The summed E-state index contributed by atoms with van der Waals surface area (Å²) in [7, 11) is 2.18. The molecule has 1 aliphatic rings. The Balaban J connectivity index is 2.14. The standard InChI is InChI=1S/C13H19ClN2S/c1-16(12-5-6-17-9-12)13(8-15)10-3-2-4-11(14)7-10/h2-4,7,12-13H,5-6,8-9,15H2,1H3. The summed E-state index contributed by atoms with van der Waals surface area (Å²) in [4.78, 5) is 2.41. The van der Waals surface area contributed by atoms with Gasteiger partial charge >= 0.3 is 0 Å². The van der Waals surface area contributed by atoms with E-state index in [0.717, 1.165) is 5.02 Å². The molecule has 2 nitrogen and oxygen atoms in total. The highest BCUT2D eigenvalue weighted by molar-refractivity contribution is 7.99. The van der Waals surface area contributed by atoms with Crippen LogP contribution in [0.1, 0.15) is 18.0 Å². The van der Waals surface area contributed by atoms with Crippen LogP contribution in [0, 0.1) is 0 Å². The molecule has 0 aromatic heterocycles. The van der Waals surface area contributed by atoms with E-state index >= 15 is 0 Å². The van der Waals surface area contributed by atoms with Crippen LogP contribution in [-0.4, -0.2) is 36.0 Å². The molecule has 1 saturated heterocycles. The zero-order valence-electron chi connectivity index (χ0n) is 10.1. The normalized spacial score (nSPS) is 22.0. The van der Waals surface area contributed by atoms with Crippen LogP contribution in [0.25, 0.3) is 0 Å². The van der Waals surface area contributed by atoms with Gasteiger partial charge in [0.2, 0.25) is 0 Å². The first-order valence-corrected chi connectivity index (χ1v) is 7.51. The second-order valence-electron chi connectivity index (χ2n) is 4.49. The molecular weight excluding hydrogens is 252 g/mol. The van der Waals surface area contributed by atoms with E-state index in [1.54, 1.807) is 0 Å². The van der Waals surface area contributed by atoms with Crippen molar-refractivity contribution in [2.75, 3.05) is 25.1 Å². The molecule has 0 radical (unpaired) electrons. The number of halogens is 1. The molecule has 0 spiro atoms. The minimum absolute atomic E-state index is 0.275. The van der Waals surface area contributed by atoms with Gasteiger partial charge in [-0.3, -0.25) is 4.90 Å². The molecular formula is C13H19ClN2S. The Morgan fingerprint density at radius 3 is 3.00 bits per heavy atom. The van der Waals surface area contributed by atoms with Crippen LogP contribution in [0.2, 0.25) is 5.02 Å². The molecule has 0 amide bonds. The molecule has 1 heterocycles. The lowest BCUT2D eigenvalue weighted by atomic mass is 10.0. The monoisotopic (exact) mass is 270 g/mol. The van der Waals surface area contributed by atoms with Gasteiger partial charge in [-0.1, -0.05) is 23.7 Å². The van der Waals surface area contributed by atoms with E-state index in [1.807, 2.05) is 30.0 Å². The highest BCUT2D eigenvalue weighted by Gasteiger charge is 2.26. The first-order valence-electron chi connectivity index (χ1n) is 5.97. The maximum atomic E-state index is 6.05. The molecule has 2 unspecified atom stereocenters. The van der Waals surface area contributed by atoms with E-state index < -0.39 is 0 Å². The maximum absolute atomic E-state index is 6.05. The number of hydrogen-bond donors (Lipinski definition) is 1. The highest BCUT2D eigenvalue weighted by Crippen LogP contribution is 2.29. The summed E-state index contributed by atoms with van der Waals surface area (Å²) in [5, 5.41) is 0.787. The first-order chi connectivity index (χ1) is 8.22. The van der Waals surface area contributed by atoms with Gasteiger partial charge in [-0.05, 0) is 36.9 Å². The predicted molar refractivity (Wildman–Crippen MR) is 76.7 cm³/mol. The Labute approximate surface area is 113 Å². The number of rotatable bonds is 4. The number of likely N-dealkylation sites (N-methyl/N-ethyl adjacent to an activating group) is 1. The Bertz CT molecular complexity index is 366. The van der Waals surface area contributed by atoms with E-state index in [2.05, 4.69) is 18.0 Å². The van der Waals surface area contributed by atoms with Crippen molar-refractivity contribution in [3.63, 3.8) is 0 Å². The van der Waals surface area contributed by atoms with E-state index in [0.29, 0.717) is 12.6 Å². The van der Waals surface area contributed by atoms with Crippen LogP contribution in [-0.2, 0) is 0 Å². The van der Waals surface area contributed by atoms with E-state index in [-0.39, 0.29) is 6.04 Å². The van der Waals surface area contributed by atoms with Crippen LogP contribution in [0.15, 0.2) is 24.3 Å². The zero-order chi connectivity index (χ0) is 12.3. The average molecular weight is 271 g/mol. The lowest BCUT2D eigenvalue weighted by Crippen LogP contribution is -2.38. The van der Waals surface area contributed by atoms with Crippen LogP contribution in [0.4, 0.5) is 0 Å². The van der Waals surface area contributed by atoms with E-state index in [9.17, 15) is 0 Å². The minimum atomic E-state index is 0.275. The molecule has 1 aliphatic heterocycles. The minimum Gasteiger partial charge on any atom is -0.329 e. The second kappa shape index (κ2) is 6.10. The van der Waals surface area contributed by atoms with E-state index in [4.69, 9.17) is 17.3 Å². The van der Waals surface area contributed by atoms with Gasteiger partial charge in [0.1, 0.15) is 0 Å². The largest absolute Gasteiger partial charge is 0.329 e. The van der Waals surface area contributed by atoms with Crippen molar-refractivity contribution >= 4 is 23.4 Å². The number of hydrogen-bond acceptors (Lipinski definition) is 3. The van der Waals surface area contributed by atoms with Gasteiger partial charge in [-0.2, -0.15) is 11.8 Å². The summed E-state index contributed by atoms with van der Waals surface area (Å²) in [5.41, 5.74) is 7.15. The van der Waals surface area contributed by atoms with Crippen LogP contribution in [0.5, 0.6) is 0 Å². The molecule has 17 heavy (non-hydrogen) atoms. The Hall–Kier alpha value is -0.220. The van der Waals surface area contributed by atoms with Crippen molar-refractivity contribution in [1.29, 1.82) is 0 Å². The molecule has 2 rings (SSSR count). The smallest absolute Gasteiger partial charge is 0.0471 e. The topological polar surface area (TPSA) is 29.3 Å². The second-order valence-corrected chi connectivity index (χ2v) is 6.08. The fraction of sp³-hybridized carbons (Fsp3) is 0.538. The number of thioether (sulfide) groups is 1. The third-order valence-electron chi connectivity index (χ3n) is 3.43. The molecule has 1 aromatic rings. The van der Waals surface area contributed by atoms with Crippen molar-refractivity contribution in [3.05, 3.63) is 34.9 Å². The van der Waals surface area contributed by atoms with Crippen molar-refractivity contribution in [1.82, 2.24) is 4.90 Å². The van der Waals surface area contributed by atoms with Crippen LogP contribution < -0.4 is 5.73 Å². The first kappa shape index (κ1) is 13.2. The summed E-state index contributed by atoms with van der Waals surface area (Å²) < 4.78 is 0. The molecule has 4 heteroatoms. The molecule has 94 valence electrons. The maximum Gasteiger partial charge on any atom is 0.0471 e. The fourth-order valence-corrected chi connectivity index (χ4v) is 3.83. The van der Waals surface area contributed by atoms with E-state index in [1.165, 1.54) is 23.5 Å². The third kappa shape index (κ3) is 3.16. The zero-order valence-corrected chi connectivity index (χ0v) is 11.7. The SMILES string of the molecule is CN(C1CCSC1)C(CN)c1cccc(Cl)c1. The lowest BCUT2D eigenvalue weighted by molar-refractivity contribution is 0.193. The van der Waals surface area contributed by atoms with Crippen molar-refractivity contribution in [3.8, 4) is 0 Å². The quantitative estimate of drug-likeness (QED) is 0.912. The molecule has 2 atom stereocenters. The van der Waals surface area contributed by atoms with Gasteiger partial charge in [-0.25, -0.2) is 0 Å². The van der Waals surface area contributed by atoms with Gasteiger partial charge in [0.05, 0.1) is 0 Å². The molecule has 2 N–H and O–H groups in total. The fourth-order valence-electron chi connectivity index (χ4n) is 2.35. The van der Waals surface area contributed by atoms with Crippen LogP contribution >= 0.6 is 23.4 Å². The summed E-state index contributed by atoms with van der Waals surface area (Å²) >= 11 is 8.08. The Morgan fingerprint density at radius 1 is 1.59 bits per heavy atom. The van der Waals surface area contributed by atoms with Crippen molar-refractivity contribution in [2.24, 2.45) is 5.73 Å². The summed E-state index contributed by atoms with van der Waals surface area (Å²) in [5.74, 6) is 2.48. The van der Waals surface area contributed by atoms with Crippen LogP contribution in [0.3, 0.4) is 0 Å². The Morgan fingerprint density at radius 2 is 2.41 bits per heavy atom. The molecule has 0 saturated carbocycles. The van der Waals surface area contributed by atoms with Gasteiger partial charge in [0, 0.05) is 29.4 Å². The Kier molecular flexibility index (Phi) is 4.74. The van der Waals surface area contributed by atoms with Crippen molar-refractivity contribution < 1.29 is 0 Å². The van der Waals surface area contributed by atoms with Crippen molar-refractivity contribution in [2.45, 2.75) is 18.5 Å². The summed E-state index contributed by atoms with van der Waals surface area (Å²) in [6.07, 6.45) is 1.26. The predicted octanol–water partition coefficient (Wildman–Crippen LogP) is 2.78. The molecule has 0 bridgehead atoms. The number of nitrogens with two attached hydrogens (primary N) is 1. The summed E-state index contributed by atoms with van der Waals surface area (Å²) in [6, 6.07) is 8.96.